The van der Waals surface area contributed by atoms with Crippen LogP contribution in [0.2, 0.25) is 0 Å². The molecule has 18 heavy (non-hydrogen) atoms. The molecule has 100 valence electrons. The first kappa shape index (κ1) is 14.5. The predicted molar refractivity (Wildman–Crippen MR) is 69.3 cm³/mol. The highest BCUT2D eigenvalue weighted by molar-refractivity contribution is 7.92. The number of ether oxygens (including phenoxy) is 1. The van der Waals surface area contributed by atoms with Crippen LogP contribution in [0.15, 0.2) is 24.3 Å². The minimum atomic E-state index is -3.43. The average molecular weight is 272 g/mol. The van der Waals surface area contributed by atoms with E-state index in [-0.39, 0.29) is 12.3 Å². The molecule has 1 aromatic rings. The van der Waals surface area contributed by atoms with Crippen LogP contribution < -0.4 is 15.8 Å². The van der Waals surface area contributed by atoms with Gasteiger partial charge in [0.25, 0.3) is 0 Å². The molecular weight excluding hydrogens is 256 g/mol. The summed E-state index contributed by atoms with van der Waals surface area (Å²) in [5, 5.41) is 2.49. The zero-order valence-electron chi connectivity index (χ0n) is 10.0. The smallest absolute Gasteiger partial charge is 0.239 e. The molecule has 3 N–H and O–H groups in total. The largest absolute Gasteiger partial charge is 0.497 e. The van der Waals surface area contributed by atoms with Gasteiger partial charge in [-0.15, -0.1) is 0 Å². The third-order valence-corrected chi connectivity index (χ3v) is 3.71. The number of carbonyl (C=O) groups is 1. The topological polar surface area (TPSA) is 98.5 Å². The van der Waals surface area contributed by atoms with Crippen LogP contribution in [-0.2, 0) is 14.6 Å². The molecule has 0 atom stereocenters. The SMILES string of the molecule is COc1ccc(NC(=O)CS(=O)(=O)CCN)cc1. The lowest BCUT2D eigenvalue weighted by molar-refractivity contribution is -0.113. The van der Waals surface area contributed by atoms with Crippen molar-refractivity contribution in [3.05, 3.63) is 24.3 Å². The summed E-state index contributed by atoms with van der Waals surface area (Å²) in [6.07, 6.45) is 0. The van der Waals surface area contributed by atoms with Crippen molar-refractivity contribution in [1.82, 2.24) is 0 Å². The van der Waals surface area contributed by atoms with Crippen molar-refractivity contribution < 1.29 is 17.9 Å². The van der Waals surface area contributed by atoms with Gasteiger partial charge in [-0.1, -0.05) is 0 Å². The Morgan fingerprint density at radius 3 is 2.44 bits per heavy atom. The summed E-state index contributed by atoms with van der Waals surface area (Å²) >= 11 is 0. The molecule has 0 heterocycles. The van der Waals surface area contributed by atoms with Crippen molar-refractivity contribution in [2.75, 3.05) is 30.5 Å². The molecule has 0 bridgehead atoms. The van der Waals surface area contributed by atoms with Crippen LogP contribution in [0.25, 0.3) is 0 Å². The Morgan fingerprint density at radius 1 is 1.33 bits per heavy atom. The van der Waals surface area contributed by atoms with Crippen LogP contribution in [-0.4, -0.2) is 39.5 Å². The lowest BCUT2D eigenvalue weighted by atomic mass is 10.3. The molecule has 1 rings (SSSR count). The number of amides is 1. The predicted octanol–water partition coefficient (Wildman–Crippen LogP) is 0.00720. The molecule has 0 unspecified atom stereocenters. The Bertz CT molecular complexity index is 496. The highest BCUT2D eigenvalue weighted by atomic mass is 32.2. The van der Waals surface area contributed by atoms with Crippen LogP contribution >= 0.6 is 0 Å². The maximum atomic E-state index is 11.5. The quantitative estimate of drug-likeness (QED) is 0.760. The first-order valence-corrected chi connectivity index (χ1v) is 7.13. The Balaban J connectivity index is 2.59. The number of anilines is 1. The van der Waals surface area contributed by atoms with Gasteiger partial charge in [0.05, 0.1) is 12.9 Å². The molecule has 0 saturated carbocycles. The van der Waals surface area contributed by atoms with E-state index in [1.807, 2.05) is 0 Å². The highest BCUT2D eigenvalue weighted by Crippen LogP contribution is 2.14. The number of benzene rings is 1. The van der Waals surface area contributed by atoms with Gasteiger partial charge in [0, 0.05) is 12.2 Å². The van der Waals surface area contributed by atoms with E-state index in [0.717, 1.165) is 0 Å². The van der Waals surface area contributed by atoms with Gasteiger partial charge in [-0.2, -0.15) is 0 Å². The van der Waals surface area contributed by atoms with E-state index >= 15 is 0 Å². The first-order valence-electron chi connectivity index (χ1n) is 5.31. The van der Waals surface area contributed by atoms with Gasteiger partial charge in [0.15, 0.2) is 9.84 Å². The third kappa shape index (κ3) is 4.72. The maximum Gasteiger partial charge on any atom is 0.239 e. The van der Waals surface area contributed by atoms with Crippen LogP contribution in [0.1, 0.15) is 0 Å². The van der Waals surface area contributed by atoms with Gasteiger partial charge in [-0.3, -0.25) is 4.79 Å². The van der Waals surface area contributed by atoms with Crippen molar-refractivity contribution in [1.29, 1.82) is 0 Å². The zero-order valence-corrected chi connectivity index (χ0v) is 10.9. The number of methoxy groups -OCH3 is 1. The molecule has 0 aliphatic heterocycles. The maximum absolute atomic E-state index is 11.5. The van der Waals surface area contributed by atoms with E-state index in [2.05, 4.69) is 5.32 Å². The van der Waals surface area contributed by atoms with Crippen LogP contribution in [0.5, 0.6) is 5.75 Å². The molecule has 0 fully saturated rings. The number of nitrogens with one attached hydrogen (secondary N) is 1. The number of sulfone groups is 1. The molecule has 7 heteroatoms. The summed E-state index contributed by atoms with van der Waals surface area (Å²) in [5.41, 5.74) is 5.67. The summed E-state index contributed by atoms with van der Waals surface area (Å²) in [4.78, 5) is 11.5. The highest BCUT2D eigenvalue weighted by Gasteiger charge is 2.15. The minimum Gasteiger partial charge on any atom is -0.497 e. The zero-order chi connectivity index (χ0) is 13.6. The van der Waals surface area contributed by atoms with Gasteiger partial charge in [0.1, 0.15) is 11.5 Å². The number of rotatable bonds is 6. The fourth-order valence-electron chi connectivity index (χ4n) is 1.32. The second-order valence-electron chi connectivity index (χ2n) is 3.66. The Kier molecular flexibility index (Phi) is 5.11. The van der Waals surface area contributed by atoms with Gasteiger partial charge >= 0.3 is 0 Å². The number of hydrogen-bond donors (Lipinski definition) is 2. The van der Waals surface area contributed by atoms with Gasteiger partial charge in [0.2, 0.25) is 5.91 Å². The lowest BCUT2D eigenvalue weighted by Crippen LogP contribution is -2.27. The van der Waals surface area contributed by atoms with E-state index in [4.69, 9.17) is 10.5 Å². The molecule has 0 aliphatic rings. The molecular formula is C11H16N2O4S. The fraction of sp³-hybridized carbons (Fsp3) is 0.364. The second kappa shape index (κ2) is 6.36. The van der Waals surface area contributed by atoms with Gasteiger partial charge in [-0.25, -0.2) is 8.42 Å². The lowest BCUT2D eigenvalue weighted by Gasteiger charge is -2.06. The second-order valence-corrected chi connectivity index (χ2v) is 5.84. The Hall–Kier alpha value is -1.60. The summed E-state index contributed by atoms with van der Waals surface area (Å²) in [6, 6.07) is 6.60. The molecule has 0 spiro atoms. The van der Waals surface area contributed by atoms with Crippen molar-refractivity contribution >= 4 is 21.4 Å². The summed E-state index contributed by atoms with van der Waals surface area (Å²) < 4.78 is 27.7. The molecule has 0 radical (unpaired) electrons. The Labute approximate surface area is 106 Å². The van der Waals surface area contributed by atoms with Crippen molar-refractivity contribution in [2.45, 2.75) is 0 Å². The Morgan fingerprint density at radius 2 is 1.94 bits per heavy atom. The summed E-state index contributed by atoms with van der Waals surface area (Å²) in [7, 11) is -1.89. The monoisotopic (exact) mass is 272 g/mol. The van der Waals surface area contributed by atoms with Gasteiger partial charge < -0.3 is 15.8 Å². The van der Waals surface area contributed by atoms with Crippen LogP contribution in [0.3, 0.4) is 0 Å². The van der Waals surface area contributed by atoms with Gasteiger partial charge in [-0.05, 0) is 24.3 Å². The van der Waals surface area contributed by atoms with Crippen LogP contribution in [0.4, 0.5) is 5.69 Å². The summed E-state index contributed by atoms with van der Waals surface area (Å²) in [5.74, 6) is -0.670. The van der Waals surface area contributed by atoms with Crippen molar-refractivity contribution in [2.24, 2.45) is 5.73 Å². The van der Waals surface area contributed by atoms with E-state index in [1.165, 1.54) is 7.11 Å². The molecule has 0 aromatic heterocycles. The molecule has 1 aromatic carbocycles. The van der Waals surface area contributed by atoms with E-state index in [1.54, 1.807) is 24.3 Å². The first-order chi connectivity index (χ1) is 8.46. The normalized spacial score (nSPS) is 11.0. The number of hydrogen-bond acceptors (Lipinski definition) is 5. The van der Waals surface area contributed by atoms with Crippen LogP contribution in [0, 0.1) is 0 Å². The van der Waals surface area contributed by atoms with Crippen molar-refractivity contribution in [3.63, 3.8) is 0 Å². The molecule has 1 amide bonds. The molecule has 0 aliphatic carbocycles. The van der Waals surface area contributed by atoms with E-state index < -0.39 is 21.5 Å². The van der Waals surface area contributed by atoms with E-state index in [9.17, 15) is 13.2 Å². The number of carbonyl (C=O) groups excluding carboxylic acids is 1. The number of nitrogens with two attached hydrogens (primary N) is 1. The average Bonchev–Trinajstić information content (AvgIpc) is 2.28. The van der Waals surface area contributed by atoms with Crippen molar-refractivity contribution in [3.8, 4) is 5.75 Å². The molecule has 0 saturated heterocycles. The fourth-order valence-corrected chi connectivity index (χ4v) is 2.30. The minimum absolute atomic E-state index is 0.0121. The van der Waals surface area contributed by atoms with E-state index in [0.29, 0.717) is 11.4 Å². The molecule has 6 nitrogen and oxygen atoms in total. The third-order valence-electron chi connectivity index (χ3n) is 2.15. The summed E-state index contributed by atoms with van der Waals surface area (Å²) in [6.45, 7) is 0.0121. The standard InChI is InChI=1S/C11H16N2O4S/c1-17-10-4-2-9(3-5-10)13-11(14)8-18(15,16)7-6-12/h2-5H,6-8,12H2,1H3,(H,13,14).